The summed E-state index contributed by atoms with van der Waals surface area (Å²) in [6.07, 6.45) is 2.89. The number of thiol groups is 1. The second kappa shape index (κ2) is 9.79. The molecule has 0 unspecified atom stereocenters. The topological polar surface area (TPSA) is 66.4 Å². The minimum Gasteiger partial charge on any atom is -0.480 e. The molecule has 1 rings (SSSR count). The third-order valence-corrected chi connectivity index (χ3v) is 4.50. The first kappa shape index (κ1) is 18.9. The summed E-state index contributed by atoms with van der Waals surface area (Å²) < 4.78 is 0. The van der Waals surface area contributed by atoms with E-state index in [1.807, 2.05) is 37.4 Å². The number of hydrogen-bond acceptors (Lipinski definition) is 4. The van der Waals surface area contributed by atoms with E-state index in [4.69, 9.17) is 0 Å². The van der Waals surface area contributed by atoms with Crippen molar-refractivity contribution in [3.63, 3.8) is 0 Å². The number of carbonyl (C=O) groups excluding carboxylic acids is 1. The average molecular weight is 341 g/mol. The molecule has 0 aliphatic carbocycles. The lowest BCUT2D eigenvalue weighted by Gasteiger charge is -2.19. The lowest BCUT2D eigenvalue weighted by atomic mass is 9.99. The Hall–Kier alpha value is -1.14. The lowest BCUT2D eigenvalue weighted by molar-refractivity contribution is -0.142. The highest BCUT2D eigenvalue weighted by atomic mass is 32.2. The third kappa shape index (κ3) is 6.32. The number of benzene rings is 1. The van der Waals surface area contributed by atoms with Crippen LogP contribution < -0.4 is 5.32 Å². The Bertz CT molecular complexity index is 491. The van der Waals surface area contributed by atoms with E-state index in [0.29, 0.717) is 24.3 Å². The quantitative estimate of drug-likeness (QED) is 0.604. The molecule has 6 heteroatoms. The van der Waals surface area contributed by atoms with Crippen LogP contribution in [0, 0.1) is 12.8 Å². The highest BCUT2D eigenvalue weighted by molar-refractivity contribution is 7.98. The number of nitrogens with one attached hydrogen (secondary N) is 1. The van der Waals surface area contributed by atoms with Gasteiger partial charge in [0.15, 0.2) is 0 Å². The Morgan fingerprint density at radius 1 is 1.32 bits per heavy atom. The van der Waals surface area contributed by atoms with Gasteiger partial charge in [-0.1, -0.05) is 29.8 Å². The maximum absolute atomic E-state index is 12.3. The zero-order valence-corrected chi connectivity index (χ0v) is 14.6. The molecular weight excluding hydrogens is 318 g/mol. The molecule has 0 aliphatic heterocycles. The Labute approximate surface area is 141 Å². The molecule has 1 aromatic rings. The summed E-state index contributed by atoms with van der Waals surface area (Å²) in [7, 11) is 0. The van der Waals surface area contributed by atoms with Crippen molar-refractivity contribution in [2.24, 2.45) is 5.92 Å². The molecule has 2 N–H and O–H groups in total. The Morgan fingerprint density at radius 3 is 2.45 bits per heavy atom. The second-order valence-electron chi connectivity index (χ2n) is 5.25. The Balaban J connectivity index is 2.66. The van der Waals surface area contributed by atoms with Crippen LogP contribution in [0.15, 0.2) is 24.3 Å². The van der Waals surface area contributed by atoms with Crippen LogP contribution in [0.1, 0.15) is 17.5 Å². The summed E-state index contributed by atoms with van der Waals surface area (Å²) >= 11 is 5.80. The summed E-state index contributed by atoms with van der Waals surface area (Å²) in [6.45, 7) is 2.01. The van der Waals surface area contributed by atoms with E-state index in [-0.39, 0.29) is 11.8 Å². The summed E-state index contributed by atoms with van der Waals surface area (Å²) in [6, 6.07) is 7.14. The van der Waals surface area contributed by atoms with Crippen LogP contribution >= 0.6 is 24.4 Å². The van der Waals surface area contributed by atoms with Gasteiger partial charge in [-0.2, -0.15) is 24.4 Å². The minimum atomic E-state index is -0.990. The number of thioether (sulfide) groups is 1. The highest BCUT2D eigenvalue weighted by Crippen LogP contribution is 2.13. The number of amides is 1. The third-order valence-electron chi connectivity index (χ3n) is 3.42. The molecule has 22 heavy (non-hydrogen) atoms. The molecule has 0 heterocycles. The van der Waals surface area contributed by atoms with E-state index in [2.05, 4.69) is 17.9 Å². The Kier molecular flexibility index (Phi) is 8.42. The number of rotatable bonds is 9. The van der Waals surface area contributed by atoms with E-state index in [0.717, 1.165) is 5.56 Å². The summed E-state index contributed by atoms with van der Waals surface area (Å²) in [5.74, 6) is -0.489. The molecule has 1 amide bonds. The van der Waals surface area contributed by atoms with Crippen molar-refractivity contribution in [3.8, 4) is 0 Å². The summed E-state index contributed by atoms with van der Waals surface area (Å²) in [5, 5.41) is 11.8. The van der Waals surface area contributed by atoms with Crippen molar-refractivity contribution in [1.29, 1.82) is 0 Å². The van der Waals surface area contributed by atoms with Crippen LogP contribution in [0.25, 0.3) is 0 Å². The van der Waals surface area contributed by atoms with Crippen molar-refractivity contribution in [2.45, 2.75) is 25.8 Å². The standard InChI is InChI=1S/C16H23NO3S2/c1-11-3-5-12(6-4-11)9-13(10-21)15(18)17-14(16(19)20)7-8-22-2/h3-6,13-14,21H,7-10H2,1-2H3,(H,17,18)(H,19,20)/t13-,14+/m1/s1. The molecule has 0 bridgehead atoms. The van der Waals surface area contributed by atoms with Gasteiger partial charge in [-0.05, 0) is 37.3 Å². The minimum absolute atomic E-state index is 0.246. The van der Waals surface area contributed by atoms with Crippen LogP contribution in [-0.2, 0) is 16.0 Å². The number of aryl methyl sites for hydroxylation is 1. The van der Waals surface area contributed by atoms with E-state index in [1.54, 1.807) is 11.8 Å². The summed E-state index contributed by atoms with van der Waals surface area (Å²) in [5.41, 5.74) is 2.22. The SMILES string of the molecule is CSCC[C@H](NC(=O)[C@@H](CS)Cc1ccc(C)cc1)C(=O)O. The van der Waals surface area contributed by atoms with Gasteiger partial charge in [-0.3, -0.25) is 4.79 Å². The van der Waals surface area contributed by atoms with Crippen LogP contribution in [0.5, 0.6) is 0 Å². The van der Waals surface area contributed by atoms with Gasteiger partial charge in [-0.15, -0.1) is 0 Å². The normalized spacial score (nSPS) is 13.4. The smallest absolute Gasteiger partial charge is 0.326 e. The summed E-state index contributed by atoms with van der Waals surface area (Å²) in [4.78, 5) is 23.5. The first-order valence-corrected chi connectivity index (χ1v) is 9.19. The predicted octanol–water partition coefficient (Wildman–Crippen LogP) is 2.41. The fourth-order valence-corrected chi connectivity index (χ4v) is 2.80. The zero-order valence-electron chi connectivity index (χ0n) is 12.9. The van der Waals surface area contributed by atoms with Gasteiger partial charge in [0.2, 0.25) is 5.91 Å². The van der Waals surface area contributed by atoms with Gasteiger partial charge in [0.05, 0.1) is 5.92 Å². The van der Waals surface area contributed by atoms with Crippen molar-refractivity contribution < 1.29 is 14.7 Å². The van der Waals surface area contributed by atoms with Gasteiger partial charge in [-0.25, -0.2) is 4.79 Å². The molecular formula is C16H23NO3S2. The number of aliphatic carboxylic acids is 1. The zero-order chi connectivity index (χ0) is 16.5. The molecule has 4 nitrogen and oxygen atoms in total. The van der Waals surface area contributed by atoms with Crippen LogP contribution in [0.2, 0.25) is 0 Å². The first-order chi connectivity index (χ1) is 10.5. The van der Waals surface area contributed by atoms with E-state index < -0.39 is 12.0 Å². The van der Waals surface area contributed by atoms with E-state index in [1.165, 1.54) is 5.56 Å². The fraction of sp³-hybridized carbons (Fsp3) is 0.500. The molecule has 1 aromatic carbocycles. The molecule has 0 radical (unpaired) electrons. The van der Waals surface area contributed by atoms with Gasteiger partial charge in [0, 0.05) is 5.75 Å². The van der Waals surface area contributed by atoms with Crippen molar-refractivity contribution >= 4 is 36.3 Å². The van der Waals surface area contributed by atoms with Gasteiger partial charge >= 0.3 is 5.97 Å². The Morgan fingerprint density at radius 2 is 1.95 bits per heavy atom. The lowest BCUT2D eigenvalue weighted by Crippen LogP contribution is -2.44. The van der Waals surface area contributed by atoms with E-state index in [9.17, 15) is 14.7 Å². The maximum atomic E-state index is 12.3. The van der Waals surface area contributed by atoms with Crippen LogP contribution in [0.4, 0.5) is 0 Å². The van der Waals surface area contributed by atoms with Crippen molar-refractivity contribution in [1.82, 2.24) is 5.32 Å². The molecule has 122 valence electrons. The molecule has 0 fully saturated rings. The van der Waals surface area contributed by atoms with Gasteiger partial charge < -0.3 is 10.4 Å². The first-order valence-electron chi connectivity index (χ1n) is 7.16. The fourth-order valence-electron chi connectivity index (χ4n) is 2.03. The monoisotopic (exact) mass is 341 g/mol. The number of carboxylic acids is 1. The maximum Gasteiger partial charge on any atom is 0.326 e. The highest BCUT2D eigenvalue weighted by Gasteiger charge is 2.24. The van der Waals surface area contributed by atoms with Crippen LogP contribution in [-0.4, -0.2) is 40.8 Å². The van der Waals surface area contributed by atoms with Crippen molar-refractivity contribution in [3.05, 3.63) is 35.4 Å². The number of hydrogen-bond donors (Lipinski definition) is 3. The van der Waals surface area contributed by atoms with Crippen LogP contribution in [0.3, 0.4) is 0 Å². The van der Waals surface area contributed by atoms with E-state index >= 15 is 0 Å². The number of carbonyl (C=O) groups is 2. The molecule has 0 spiro atoms. The molecule has 0 aromatic heterocycles. The molecule has 0 saturated heterocycles. The molecule has 2 atom stereocenters. The van der Waals surface area contributed by atoms with Gasteiger partial charge in [0.1, 0.15) is 6.04 Å². The van der Waals surface area contributed by atoms with Gasteiger partial charge in [0.25, 0.3) is 0 Å². The number of carboxylic acid groups (broad SMARTS) is 1. The second-order valence-corrected chi connectivity index (χ2v) is 6.60. The molecule has 0 saturated carbocycles. The predicted molar refractivity (Wildman–Crippen MR) is 94.8 cm³/mol. The molecule has 0 aliphatic rings. The largest absolute Gasteiger partial charge is 0.480 e. The van der Waals surface area contributed by atoms with Crippen molar-refractivity contribution in [2.75, 3.05) is 17.8 Å². The average Bonchev–Trinajstić information content (AvgIpc) is 2.50.